The van der Waals surface area contributed by atoms with Crippen LogP contribution in [0.5, 0.6) is 0 Å². The van der Waals surface area contributed by atoms with E-state index in [1.165, 1.54) is 12.8 Å². The zero-order chi connectivity index (χ0) is 16.5. The van der Waals surface area contributed by atoms with Crippen LogP contribution in [0.15, 0.2) is 30.3 Å². The van der Waals surface area contributed by atoms with Crippen LogP contribution < -0.4 is 24.0 Å². The Morgan fingerprint density at radius 2 is 1.75 bits per heavy atom. The lowest BCUT2D eigenvalue weighted by Crippen LogP contribution is -3.00. The Balaban J connectivity index is 0.00000208. The summed E-state index contributed by atoms with van der Waals surface area (Å²) in [6, 6.07) is 10.3. The fraction of sp³-hybridized carbons (Fsp3) is 0.650. The SMILES string of the molecule is C[C@@](C(=O)O[C@H]1CC[N+](C)(C)C1)(c1ccccc1)C1CCCC1.[I-]. The van der Waals surface area contributed by atoms with Crippen LogP contribution >= 0.6 is 0 Å². The van der Waals surface area contributed by atoms with E-state index in [1.54, 1.807) is 0 Å². The first kappa shape index (κ1) is 19.7. The maximum Gasteiger partial charge on any atom is 0.317 e. The Kier molecular flexibility index (Phi) is 6.35. The summed E-state index contributed by atoms with van der Waals surface area (Å²) in [5.74, 6) is 0.392. The number of halogens is 1. The zero-order valence-electron chi connectivity index (χ0n) is 15.1. The number of quaternary nitrogens is 1. The van der Waals surface area contributed by atoms with Crippen LogP contribution in [0.4, 0.5) is 0 Å². The molecule has 1 aromatic carbocycles. The molecular weight excluding hydrogens is 413 g/mol. The van der Waals surface area contributed by atoms with Crippen molar-refractivity contribution in [1.29, 1.82) is 0 Å². The number of rotatable bonds is 4. The minimum Gasteiger partial charge on any atom is -1.00 e. The van der Waals surface area contributed by atoms with E-state index in [1.807, 2.05) is 18.2 Å². The molecule has 3 rings (SSSR count). The van der Waals surface area contributed by atoms with Crippen molar-refractivity contribution in [3.8, 4) is 0 Å². The summed E-state index contributed by atoms with van der Waals surface area (Å²) in [6.07, 6.45) is 5.77. The molecule has 24 heavy (non-hydrogen) atoms. The van der Waals surface area contributed by atoms with E-state index in [0.717, 1.165) is 42.4 Å². The Bertz CT molecular complexity index is 554. The molecule has 3 nitrogen and oxygen atoms in total. The van der Waals surface area contributed by atoms with Crippen molar-refractivity contribution in [1.82, 2.24) is 0 Å². The molecule has 1 saturated carbocycles. The second-order valence-electron chi connectivity index (χ2n) is 8.21. The smallest absolute Gasteiger partial charge is 0.317 e. The third-order valence-corrected chi connectivity index (χ3v) is 6.00. The van der Waals surface area contributed by atoms with Crippen LogP contribution in [-0.2, 0) is 14.9 Å². The van der Waals surface area contributed by atoms with Crippen LogP contribution in [0.25, 0.3) is 0 Å². The molecule has 2 fully saturated rings. The van der Waals surface area contributed by atoms with Crippen LogP contribution in [0, 0.1) is 5.92 Å². The number of nitrogens with zero attached hydrogens (tertiary/aromatic N) is 1. The van der Waals surface area contributed by atoms with Crippen LogP contribution in [0.2, 0.25) is 0 Å². The maximum atomic E-state index is 13.2. The number of benzene rings is 1. The molecule has 2 aliphatic rings. The molecule has 0 unspecified atom stereocenters. The van der Waals surface area contributed by atoms with Gasteiger partial charge in [-0.05, 0) is 31.2 Å². The molecule has 0 spiro atoms. The molecule has 1 aromatic rings. The Labute approximate surface area is 163 Å². The fourth-order valence-corrected chi connectivity index (χ4v) is 4.41. The molecule has 4 heteroatoms. The lowest BCUT2D eigenvalue weighted by atomic mass is 9.71. The molecule has 0 radical (unpaired) electrons. The summed E-state index contributed by atoms with van der Waals surface area (Å²) in [5.41, 5.74) is 0.612. The summed E-state index contributed by atoms with van der Waals surface area (Å²) in [4.78, 5) is 13.2. The number of esters is 1. The van der Waals surface area contributed by atoms with Gasteiger partial charge in [-0.3, -0.25) is 4.79 Å². The highest BCUT2D eigenvalue weighted by molar-refractivity contribution is 5.83. The van der Waals surface area contributed by atoms with Crippen LogP contribution in [0.3, 0.4) is 0 Å². The quantitative estimate of drug-likeness (QED) is 0.386. The molecule has 1 saturated heterocycles. The number of likely N-dealkylation sites (N-methyl/N-ethyl adjacent to an activating group) is 1. The first-order chi connectivity index (χ1) is 10.9. The molecule has 2 atom stereocenters. The van der Waals surface area contributed by atoms with E-state index >= 15 is 0 Å². The summed E-state index contributed by atoms with van der Waals surface area (Å²) in [7, 11) is 4.42. The van der Waals surface area contributed by atoms with Crippen molar-refractivity contribution in [2.75, 3.05) is 27.2 Å². The lowest BCUT2D eigenvalue weighted by Gasteiger charge is -2.34. The molecule has 134 valence electrons. The largest absolute Gasteiger partial charge is 1.00 e. The number of hydrogen-bond acceptors (Lipinski definition) is 2. The van der Waals surface area contributed by atoms with Crippen molar-refractivity contribution < 1.29 is 38.0 Å². The second-order valence-corrected chi connectivity index (χ2v) is 8.21. The summed E-state index contributed by atoms with van der Waals surface area (Å²) in [5, 5.41) is 0. The second kappa shape index (κ2) is 7.73. The minimum atomic E-state index is -0.502. The number of carbonyl (C=O) groups excluding carboxylic acids is 1. The first-order valence-electron chi connectivity index (χ1n) is 9.00. The van der Waals surface area contributed by atoms with Gasteiger partial charge >= 0.3 is 5.97 Å². The van der Waals surface area contributed by atoms with E-state index in [4.69, 9.17) is 4.74 Å². The molecule has 1 heterocycles. The topological polar surface area (TPSA) is 26.3 Å². The van der Waals surface area contributed by atoms with Gasteiger partial charge in [-0.2, -0.15) is 0 Å². The van der Waals surface area contributed by atoms with Crippen LogP contribution in [0.1, 0.15) is 44.6 Å². The van der Waals surface area contributed by atoms with Gasteiger partial charge in [0.2, 0.25) is 0 Å². The average Bonchev–Trinajstić information content (AvgIpc) is 3.17. The number of ether oxygens (including phenoxy) is 1. The van der Waals surface area contributed by atoms with E-state index < -0.39 is 5.41 Å². The van der Waals surface area contributed by atoms with Gasteiger partial charge in [-0.15, -0.1) is 0 Å². The van der Waals surface area contributed by atoms with Crippen molar-refractivity contribution in [2.45, 2.75) is 50.5 Å². The number of likely N-dealkylation sites (tertiary alicyclic amines) is 1. The maximum absolute atomic E-state index is 13.2. The van der Waals surface area contributed by atoms with Crippen molar-refractivity contribution in [2.24, 2.45) is 5.92 Å². The predicted octanol–water partition coefficient (Wildman–Crippen LogP) is 0.530. The molecule has 0 aromatic heterocycles. The first-order valence-corrected chi connectivity index (χ1v) is 9.00. The van der Waals surface area contributed by atoms with Crippen LogP contribution in [-0.4, -0.2) is 43.7 Å². The number of carbonyl (C=O) groups is 1. The van der Waals surface area contributed by atoms with Gasteiger partial charge in [0, 0.05) is 6.42 Å². The zero-order valence-corrected chi connectivity index (χ0v) is 17.3. The normalized spacial score (nSPS) is 25.7. The molecule has 0 bridgehead atoms. The van der Waals surface area contributed by atoms with Gasteiger partial charge < -0.3 is 33.2 Å². The van der Waals surface area contributed by atoms with Gasteiger partial charge in [-0.1, -0.05) is 43.2 Å². The Morgan fingerprint density at radius 3 is 2.29 bits per heavy atom. The molecule has 1 aliphatic heterocycles. The highest BCUT2D eigenvalue weighted by Crippen LogP contribution is 2.43. The summed E-state index contributed by atoms with van der Waals surface area (Å²) in [6.45, 7) is 4.13. The average molecular weight is 443 g/mol. The molecular formula is C20H30INO2. The summed E-state index contributed by atoms with van der Waals surface area (Å²) >= 11 is 0. The molecule has 0 N–H and O–H groups in total. The van der Waals surface area contributed by atoms with E-state index in [-0.39, 0.29) is 36.0 Å². The third-order valence-electron chi connectivity index (χ3n) is 6.00. The van der Waals surface area contributed by atoms with E-state index in [9.17, 15) is 4.79 Å². The summed E-state index contributed by atoms with van der Waals surface area (Å²) < 4.78 is 6.97. The predicted molar refractivity (Wildman–Crippen MR) is 92.1 cm³/mol. The Morgan fingerprint density at radius 1 is 1.12 bits per heavy atom. The van der Waals surface area contributed by atoms with E-state index in [2.05, 4.69) is 33.2 Å². The lowest BCUT2D eigenvalue weighted by molar-refractivity contribution is -0.879. The standard InChI is InChI=1S/C20H30NO2.HI/c1-20(17-11-7-8-12-17,16-9-5-4-6-10-16)19(22)23-18-13-14-21(2,3)15-18;/h4-6,9-10,17-18H,7-8,11-15H2,1-3H3;1H/q+1;/p-1/t18-,20+;/m0./s1. The van der Waals surface area contributed by atoms with Gasteiger partial charge in [0.05, 0.1) is 26.1 Å². The minimum absolute atomic E-state index is 0. The van der Waals surface area contributed by atoms with Crippen molar-refractivity contribution in [3.05, 3.63) is 35.9 Å². The van der Waals surface area contributed by atoms with Gasteiger partial charge in [0.15, 0.2) is 6.10 Å². The third kappa shape index (κ3) is 3.96. The Hall–Kier alpha value is -0.620. The highest BCUT2D eigenvalue weighted by atomic mass is 127. The number of hydrogen-bond donors (Lipinski definition) is 0. The van der Waals surface area contributed by atoms with Crippen molar-refractivity contribution >= 4 is 5.97 Å². The van der Waals surface area contributed by atoms with Gasteiger partial charge in [-0.25, -0.2) is 0 Å². The van der Waals surface area contributed by atoms with E-state index in [0.29, 0.717) is 5.92 Å². The van der Waals surface area contributed by atoms with Gasteiger partial charge in [0.25, 0.3) is 0 Å². The monoisotopic (exact) mass is 443 g/mol. The molecule has 0 amide bonds. The van der Waals surface area contributed by atoms with Gasteiger partial charge in [0.1, 0.15) is 6.54 Å². The highest BCUT2D eigenvalue weighted by Gasteiger charge is 2.47. The fourth-order valence-electron chi connectivity index (χ4n) is 4.41. The molecule has 1 aliphatic carbocycles. The van der Waals surface area contributed by atoms with Crippen molar-refractivity contribution in [3.63, 3.8) is 0 Å².